The van der Waals surface area contributed by atoms with Crippen LogP contribution in [0.5, 0.6) is 0 Å². The number of nitrogens with one attached hydrogen (secondary N) is 2. The zero-order chi connectivity index (χ0) is 13.2. The first kappa shape index (κ1) is 13.3. The topological polar surface area (TPSA) is 36.4 Å². The van der Waals surface area contributed by atoms with Gasteiger partial charge in [-0.1, -0.05) is 26.0 Å². The van der Waals surface area contributed by atoms with Crippen LogP contribution in [0.4, 0.5) is 0 Å². The van der Waals surface area contributed by atoms with Crippen molar-refractivity contribution in [3.8, 4) is 0 Å². The molecule has 18 heavy (non-hydrogen) atoms. The van der Waals surface area contributed by atoms with Crippen molar-refractivity contribution in [1.29, 1.82) is 0 Å². The number of fused-ring (bicyclic) bond motifs is 1. The SMILES string of the molecule is C=CCNC(=S)NN=CC1=CCC2CC1C2(C)C. The molecule has 3 nitrogen and oxygen atoms in total. The number of nitrogens with zero attached hydrogens (tertiary/aromatic N) is 1. The molecular formula is C14H21N3S. The average molecular weight is 263 g/mol. The molecule has 3 aliphatic carbocycles. The minimum absolute atomic E-state index is 0.442. The minimum atomic E-state index is 0.442. The van der Waals surface area contributed by atoms with E-state index in [-0.39, 0.29) is 0 Å². The average Bonchev–Trinajstić information content (AvgIpc) is 2.36. The van der Waals surface area contributed by atoms with Gasteiger partial charge in [0.05, 0.1) is 6.21 Å². The van der Waals surface area contributed by atoms with E-state index in [0.717, 1.165) is 5.92 Å². The number of allylic oxidation sites excluding steroid dienone is 2. The van der Waals surface area contributed by atoms with E-state index in [1.54, 1.807) is 6.08 Å². The summed E-state index contributed by atoms with van der Waals surface area (Å²) in [6, 6.07) is 0. The van der Waals surface area contributed by atoms with E-state index in [1.165, 1.54) is 18.4 Å². The number of hydrogen-bond acceptors (Lipinski definition) is 2. The first-order valence-electron chi connectivity index (χ1n) is 6.43. The summed E-state index contributed by atoms with van der Waals surface area (Å²) in [7, 11) is 0. The van der Waals surface area contributed by atoms with Gasteiger partial charge in [-0.2, -0.15) is 5.10 Å². The summed E-state index contributed by atoms with van der Waals surface area (Å²) in [5, 5.41) is 7.72. The second kappa shape index (κ2) is 5.22. The number of thiocarbonyl (C=S) groups is 1. The Balaban J connectivity index is 1.85. The molecule has 4 heteroatoms. The summed E-state index contributed by atoms with van der Waals surface area (Å²) < 4.78 is 0. The van der Waals surface area contributed by atoms with Crippen molar-refractivity contribution in [2.24, 2.45) is 22.4 Å². The van der Waals surface area contributed by atoms with Gasteiger partial charge < -0.3 is 5.32 Å². The van der Waals surface area contributed by atoms with Gasteiger partial charge in [-0.15, -0.1) is 6.58 Å². The Hall–Kier alpha value is -1.16. The van der Waals surface area contributed by atoms with Crippen molar-refractivity contribution in [3.05, 3.63) is 24.3 Å². The Kier molecular flexibility index (Phi) is 3.85. The quantitative estimate of drug-likeness (QED) is 0.354. The highest BCUT2D eigenvalue weighted by atomic mass is 32.1. The summed E-state index contributed by atoms with van der Waals surface area (Å²) >= 11 is 5.07. The molecule has 2 bridgehead atoms. The maximum atomic E-state index is 5.07. The van der Waals surface area contributed by atoms with Crippen LogP contribution in [0.15, 0.2) is 29.4 Å². The first-order valence-corrected chi connectivity index (χ1v) is 6.84. The lowest BCUT2D eigenvalue weighted by molar-refractivity contribution is -0.00126. The molecule has 0 radical (unpaired) electrons. The smallest absolute Gasteiger partial charge is 0.187 e. The van der Waals surface area contributed by atoms with Crippen molar-refractivity contribution in [2.75, 3.05) is 6.54 Å². The maximum Gasteiger partial charge on any atom is 0.187 e. The highest BCUT2D eigenvalue weighted by molar-refractivity contribution is 7.80. The van der Waals surface area contributed by atoms with E-state index in [0.29, 0.717) is 23.0 Å². The molecule has 2 unspecified atom stereocenters. The van der Waals surface area contributed by atoms with Gasteiger partial charge in [0.2, 0.25) is 0 Å². The fourth-order valence-electron chi connectivity index (χ4n) is 2.91. The van der Waals surface area contributed by atoms with Gasteiger partial charge in [0.15, 0.2) is 5.11 Å². The lowest BCUT2D eigenvalue weighted by Gasteiger charge is -2.55. The van der Waals surface area contributed by atoms with Crippen molar-refractivity contribution < 1.29 is 0 Å². The monoisotopic (exact) mass is 263 g/mol. The Morgan fingerprint density at radius 3 is 3.06 bits per heavy atom. The van der Waals surface area contributed by atoms with Crippen molar-refractivity contribution in [3.63, 3.8) is 0 Å². The second-order valence-electron chi connectivity index (χ2n) is 5.62. The molecule has 2 atom stereocenters. The predicted molar refractivity (Wildman–Crippen MR) is 80.5 cm³/mol. The summed E-state index contributed by atoms with van der Waals surface area (Å²) in [4.78, 5) is 0. The molecule has 0 aromatic rings. The van der Waals surface area contributed by atoms with Gasteiger partial charge in [0.1, 0.15) is 0 Å². The van der Waals surface area contributed by atoms with Crippen LogP contribution in [0, 0.1) is 17.3 Å². The van der Waals surface area contributed by atoms with Crippen LogP contribution in [-0.4, -0.2) is 17.9 Å². The Morgan fingerprint density at radius 2 is 2.44 bits per heavy atom. The van der Waals surface area contributed by atoms with Gasteiger partial charge in [-0.05, 0) is 47.9 Å². The Labute approximate surface area is 114 Å². The summed E-state index contributed by atoms with van der Waals surface area (Å²) in [6.45, 7) is 8.99. The fourth-order valence-corrected chi connectivity index (χ4v) is 3.05. The van der Waals surface area contributed by atoms with Crippen LogP contribution < -0.4 is 10.7 Å². The molecule has 1 saturated carbocycles. The van der Waals surface area contributed by atoms with Crippen LogP contribution in [0.25, 0.3) is 0 Å². The summed E-state index contributed by atoms with van der Waals surface area (Å²) in [5.41, 5.74) is 4.62. The minimum Gasteiger partial charge on any atom is -0.358 e. The van der Waals surface area contributed by atoms with Gasteiger partial charge in [0.25, 0.3) is 0 Å². The largest absolute Gasteiger partial charge is 0.358 e. The molecule has 3 aliphatic rings. The second-order valence-corrected chi connectivity index (χ2v) is 6.02. The zero-order valence-electron chi connectivity index (χ0n) is 11.1. The number of hydrazone groups is 1. The zero-order valence-corrected chi connectivity index (χ0v) is 11.9. The molecule has 0 aromatic heterocycles. The van der Waals surface area contributed by atoms with Crippen LogP contribution >= 0.6 is 12.2 Å². The van der Waals surface area contributed by atoms with Gasteiger partial charge in [-0.25, -0.2) is 0 Å². The highest BCUT2D eigenvalue weighted by Gasteiger charge is 2.50. The van der Waals surface area contributed by atoms with E-state index in [4.69, 9.17) is 12.2 Å². The Bertz CT molecular complexity index is 409. The van der Waals surface area contributed by atoms with E-state index < -0.39 is 0 Å². The van der Waals surface area contributed by atoms with E-state index >= 15 is 0 Å². The molecular weight excluding hydrogens is 242 g/mol. The predicted octanol–water partition coefficient (Wildman–Crippen LogP) is 2.61. The molecule has 0 aliphatic heterocycles. The molecule has 0 heterocycles. The molecule has 0 spiro atoms. The van der Waals surface area contributed by atoms with Gasteiger partial charge >= 0.3 is 0 Å². The Morgan fingerprint density at radius 1 is 1.67 bits per heavy atom. The normalized spacial score (nSPS) is 28.2. The number of hydrogen-bond donors (Lipinski definition) is 2. The van der Waals surface area contributed by atoms with Gasteiger partial charge in [-0.3, -0.25) is 5.43 Å². The summed E-state index contributed by atoms with van der Waals surface area (Å²) in [6.07, 6.45) is 8.49. The van der Waals surface area contributed by atoms with Crippen LogP contribution in [-0.2, 0) is 0 Å². The van der Waals surface area contributed by atoms with Crippen LogP contribution in [0.3, 0.4) is 0 Å². The van der Waals surface area contributed by atoms with Crippen LogP contribution in [0.2, 0.25) is 0 Å². The van der Waals surface area contributed by atoms with Crippen molar-refractivity contribution in [1.82, 2.24) is 10.7 Å². The molecule has 0 aromatic carbocycles. The third kappa shape index (κ3) is 2.48. The maximum absolute atomic E-state index is 5.07. The van der Waals surface area contributed by atoms with Crippen molar-refractivity contribution >= 4 is 23.5 Å². The first-order chi connectivity index (χ1) is 8.55. The molecule has 0 amide bonds. The lowest BCUT2D eigenvalue weighted by Crippen LogP contribution is -2.48. The highest BCUT2D eigenvalue weighted by Crippen LogP contribution is 2.58. The third-order valence-corrected chi connectivity index (χ3v) is 4.53. The fraction of sp³-hybridized carbons (Fsp3) is 0.571. The standard InChI is InChI=1S/C14H21N3S/c1-4-7-15-13(18)17-16-9-10-5-6-11-8-12(10)14(11,2)3/h4-5,9,11-12H,1,6-8H2,2-3H3,(H2,15,17,18). The van der Waals surface area contributed by atoms with Crippen LogP contribution in [0.1, 0.15) is 26.7 Å². The molecule has 98 valence electrons. The number of rotatable bonds is 4. The lowest BCUT2D eigenvalue weighted by atomic mass is 9.49. The molecule has 3 rings (SSSR count). The van der Waals surface area contributed by atoms with E-state index in [1.807, 2.05) is 6.21 Å². The van der Waals surface area contributed by atoms with E-state index in [2.05, 4.69) is 42.3 Å². The van der Waals surface area contributed by atoms with Crippen molar-refractivity contribution in [2.45, 2.75) is 26.7 Å². The molecule has 1 fully saturated rings. The van der Waals surface area contributed by atoms with E-state index in [9.17, 15) is 0 Å². The molecule has 0 saturated heterocycles. The van der Waals surface area contributed by atoms with Gasteiger partial charge in [0, 0.05) is 6.54 Å². The summed E-state index contributed by atoms with van der Waals surface area (Å²) in [5.74, 6) is 1.53. The third-order valence-electron chi connectivity index (χ3n) is 4.30. The molecule has 2 N–H and O–H groups in total.